The molecule has 0 aliphatic heterocycles. The fourth-order valence-corrected chi connectivity index (χ4v) is 8.13. The molecule has 1 saturated carbocycles. The molecule has 1 fully saturated rings. The summed E-state index contributed by atoms with van der Waals surface area (Å²) in [6.45, 7) is 7.15. The van der Waals surface area contributed by atoms with Crippen molar-refractivity contribution in [3.05, 3.63) is 58.1 Å². The van der Waals surface area contributed by atoms with E-state index in [1.807, 2.05) is 12.1 Å². The van der Waals surface area contributed by atoms with Gasteiger partial charge in [-0.3, -0.25) is 9.52 Å². The number of carbonyl (C=O) groups is 1. The Morgan fingerprint density at radius 3 is 2.67 bits per heavy atom. The molecule has 2 aliphatic rings. The summed E-state index contributed by atoms with van der Waals surface area (Å²) in [6.07, 6.45) is 3.38. The molecule has 2 heterocycles. The van der Waals surface area contributed by atoms with Crippen LogP contribution in [-0.2, 0) is 22.9 Å². The van der Waals surface area contributed by atoms with Gasteiger partial charge >= 0.3 is 0 Å². The van der Waals surface area contributed by atoms with Crippen LogP contribution >= 0.6 is 11.3 Å². The smallest absolute Gasteiger partial charge is 0.274 e. The number of hydrogen-bond donors (Lipinski definition) is 4. The zero-order valence-electron chi connectivity index (χ0n) is 26.8. The minimum atomic E-state index is -3.50. The molecule has 3 aromatic rings. The highest BCUT2D eigenvalue weighted by atomic mass is 32.2. The zero-order chi connectivity index (χ0) is 31.9. The summed E-state index contributed by atoms with van der Waals surface area (Å²) in [6, 6.07) is 10.3. The quantitative estimate of drug-likeness (QED) is 0.170. The number of quaternary nitrogens is 1. The van der Waals surface area contributed by atoms with E-state index in [4.69, 9.17) is 4.98 Å². The van der Waals surface area contributed by atoms with Crippen molar-refractivity contribution in [1.82, 2.24) is 16.5 Å². The van der Waals surface area contributed by atoms with Gasteiger partial charge in [-0.15, -0.1) is 11.3 Å². The summed E-state index contributed by atoms with van der Waals surface area (Å²) in [5.41, 5.74) is 3.76. The summed E-state index contributed by atoms with van der Waals surface area (Å²) in [7, 11) is -3.50. The molecule has 248 valence electrons. The summed E-state index contributed by atoms with van der Waals surface area (Å²) in [5, 5.41) is 14.3. The Kier molecular flexibility index (Phi) is 10.8. The molecule has 1 aromatic carbocycles. The minimum absolute atomic E-state index is 0. The van der Waals surface area contributed by atoms with Crippen LogP contribution in [-0.4, -0.2) is 55.2 Å². The van der Waals surface area contributed by atoms with Gasteiger partial charge in [0.25, 0.3) is 5.92 Å². The fraction of sp³-hybridized carbons (Fsp3) is 0.576. The largest absolute Gasteiger partial charge is 0.385 e. The predicted octanol–water partition coefficient (Wildman–Crippen LogP) is 7.08. The van der Waals surface area contributed by atoms with Crippen LogP contribution in [0.25, 0.3) is 10.2 Å². The first-order valence-electron chi connectivity index (χ1n) is 15.4. The van der Waals surface area contributed by atoms with Gasteiger partial charge in [-0.25, -0.2) is 22.2 Å². The monoisotopic (exact) mass is 665 g/mol. The van der Waals surface area contributed by atoms with Gasteiger partial charge < -0.3 is 16.6 Å². The third kappa shape index (κ3) is 8.65. The topological polar surface area (TPSA) is 145 Å². The molecule has 4 atom stereocenters. The Labute approximate surface area is 269 Å². The molecular weight excluding hydrogens is 619 g/mol. The average Bonchev–Trinajstić information content (AvgIpc) is 3.35. The first-order chi connectivity index (χ1) is 20.6. The summed E-state index contributed by atoms with van der Waals surface area (Å²) in [4.78, 5) is 20.1. The van der Waals surface area contributed by atoms with E-state index in [0.29, 0.717) is 42.3 Å². The maximum absolute atomic E-state index is 14.1. The number of alkyl halides is 2. The summed E-state index contributed by atoms with van der Waals surface area (Å²) < 4.78 is 54.4. The zero-order valence-corrected chi connectivity index (χ0v) is 28.5. The van der Waals surface area contributed by atoms with Gasteiger partial charge in [0.2, 0.25) is 10.0 Å². The molecule has 45 heavy (non-hydrogen) atoms. The van der Waals surface area contributed by atoms with Crippen molar-refractivity contribution >= 4 is 43.0 Å². The average molecular weight is 666 g/mol. The number of pyridine rings is 1. The summed E-state index contributed by atoms with van der Waals surface area (Å²) >= 11 is 1.40. The number of anilines is 1. The van der Waals surface area contributed by atoms with Crippen LogP contribution in [0, 0.1) is 11.3 Å². The lowest BCUT2D eigenvalue weighted by molar-refractivity contribution is -0.143. The predicted molar refractivity (Wildman–Crippen MR) is 178 cm³/mol. The molecule has 0 bridgehead atoms. The van der Waals surface area contributed by atoms with E-state index < -0.39 is 28.1 Å². The van der Waals surface area contributed by atoms with Crippen molar-refractivity contribution in [3.8, 4) is 0 Å². The number of sulfonamides is 1. The van der Waals surface area contributed by atoms with Crippen molar-refractivity contribution in [2.45, 2.75) is 96.1 Å². The third-order valence-corrected chi connectivity index (χ3v) is 10.9. The van der Waals surface area contributed by atoms with Crippen LogP contribution < -0.4 is 16.2 Å². The first-order valence-corrected chi connectivity index (χ1v) is 18.1. The Balaban J connectivity index is 0.00000461. The lowest BCUT2D eigenvalue weighted by Gasteiger charge is -2.35. The summed E-state index contributed by atoms with van der Waals surface area (Å²) in [5.74, 6) is -2.90. The van der Waals surface area contributed by atoms with Crippen LogP contribution in [0.1, 0.15) is 91.7 Å². The number of benzene rings is 1. The maximum atomic E-state index is 14.1. The van der Waals surface area contributed by atoms with Crippen LogP contribution in [0.2, 0.25) is 0 Å². The molecule has 2 aromatic heterocycles. The number of ketones is 1. The van der Waals surface area contributed by atoms with Gasteiger partial charge in [-0.1, -0.05) is 32.9 Å². The second-order valence-corrected chi connectivity index (χ2v) is 16.5. The molecule has 8 nitrogen and oxygen atoms in total. The number of aromatic nitrogens is 1. The minimum Gasteiger partial charge on any atom is -0.385 e. The van der Waals surface area contributed by atoms with E-state index in [1.165, 1.54) is 16.9 Å². The molecule has 7 N–H and O–H groups in total. The van der Waals surface area contributed by atoms with Crippen molar-refractivity contribution in [3.63, 3.8) is 0 Å². The molecule has 5 rings (SSSR count). The van der Waals surface area contributed by atoms with Gasteiger partial charge in [-0.2, -0.15) is 0 Å². The molecule has 0 spiro atoms. The number of nitrogens with zero attached hydrogens (tertiary/aromatic N) is 1. The Morgan fingerprint density at radius 1 is 1.20 bits per heavy atom. The maximum Gasteiger partial charge on any atom is 0.274 e. The number of aliphatic hydroxyl groups is 1. The Morgan fingerprint density at radius 2 is 1.96 bits per heavy atom. The van der Waals surface area contributed by atoms with E-state index in [9.17, 15) is 27.1 Å². The van der Waals surface area contributed by atoms with E-state index in [-0.39, 0.29) is 36.1 Å². The number of fused-ring (bicyclic) bond motifs is 2. The van der Waals surface area contributed by atoms with E-state index >= 15 is 0 Å². The van der Waals surface area contributed by atoms with Crippen LogP contribution in [0.4, 0.5) is 14.5 Å². The molecule has 12 heteroatoms. The number of halogens is 2. The number of carbonyl (C=O) groups excluding carboxylic acids is 1. The van der Waals surface area contributed by atoms with Crippen molar-refractivity contribution in [2.75, 3.05) is 17.5 Å². The van der Waals surface area contributed by atoms with Crippen LogP contribution in [0.3, 0.4) is 0 Å². The molecule has 0 radical (unpaired) electrons. The Hall–Kier alpha value is -2.51. The van der Waals surface area contributed by atoms with Gasteiger partial charge in [0.15, 0.2) is 5.78 Å². The molecule has 2 aliphatic carbocycles. The van der Waals surface area contributed by atoms with Gasteiger partial charge in [0, 0.05) is 35.7 Å². The van der Waals surface area contributed by atoms with E-state index in [0.717, 1.165) is 47.0 Å². The SMILES string of the molecule is CC(C)(C)[C@H]1CCc2nc3sc(C(=O)C[C@H](CCN[C@H]4CCCC(F)(F)[C@@H]4O)c4cccc(NS(C)(=O)=O)c4)cc3cc2C1.[NH4+]. The number of nitrogens with one attached hydrogen (secondary N) is 2. The number of aliphatic hydroxyl groups excluding tert-OH is 1. The lowest BCUT2D eigenvalue weighted by atomic mass is 9.71. The normalized spacial score (nSPS) is 22.3. The van der Waals surface area contributed by atoms with E-state index in [2.05, 4.69) is 36.9 Å². The van der Waals surface area contributed by atoms with Crippen molar-refractivity contribution in [2.24, 2.45) is 11.3 Å². The Bertz CT molecular complexity index is 1620. The van der Waals surface area contributed by atoms with Crippen LogP contribution in [0.15, 0.2) is 36.4 Å². The van der Waals surface area contributed by atoms with Gasteiger partial charge in [0.05, 0.1) is 11.1 Å². The molecule has 0 unspecified atom stereocenters. The number of rotatable bonds is 10. The number of aryl methyl sites for hydroxylation is 1. The molecule has 0 amide bonds. The second kappa shape index (κ2) is 13.7. The van der Waals surface area contributed by atoms with E-state index in [1.54, 1.807) is 18.2 Å². The highest BCUT2D eigenvalue weighted by molar-refractivity contribution is 7.92. The molecular formula is C33H47F2N4O4S2+. The first kappa shape index (κ1) is 35.3. The van der Waals surface area contributed by atoms with Crippen molar-refractivity contribution < 1.29 is 27.1 Å². The van der Waals surface area contributed by atoms with Crippen molar-refractivity contribution in [1.29, 1.82) is 0 Å². The second-order valence-electron chi connectivity index (χ2n) is 13.7. The highest BCUT2D eigenvalue weighted by Gasteiger charge is 2.45. The third-order valence-electron chi connectivity index (χ3n) is 9.20. The van der Waals surface area contributed by atoms with Gasteiger partial charge in [-0.05, 0) is 97.7 Å². The number of hydrogen-bond acceptors (Lipinski definition) is 7. The number of Topliss-reactive ketones (excluding diaryl/α,β-unsaturated/α-hetero) is 1. The van der Waals surface area contributed by atoms with Crippen LogP contribution in [0.5, 0.6) is 0 Å². The standard InChI is InChI=1S/C33H43F2N3O4S2.H3N/c1-32(2,3)24-10-11-26-22(16-24)15-23-19-29(43-31(23)37-26)28(39)18-21(20-7-5-8-25(17-20)38-44(4,41)42)12-14-36-27-9-6-13-33(34,35)30(27)40;/h5,7-8,15,17,19,21,24,27,30,36,38,40H,6,9-14,16,18H2,1-4H3;1H3/p+1/t21-,24-,27-,30+;/m0./s1. The highest BCUT2D eigenvalue weighted by Crippen LogP contribution is 2.39. The lowest BCUT2D eigenvalue weighted by Crippen LogP contribution is -2.53. The number of thiophene rings is 1. The fourth-order valence-electron chi connectivity index (χ4n) is 6.60. The van der Waals surface area contributed by atoms with Gasteiger partial charge in [0.1, 0.15) is 10.9 Å². The molecule has 0 saturated heterocycles.